The number of rotatable bonds is 4. The fourth-order valence-corrected chi connectivity index (χ4v) is 2.38. The van der Waals surface area contributed by atoms with Gasteiger partial charge < -0.3 is 4.90 Å². The first-order valence-electron chi connectivity index (χ1n) is 6.31. The van der Waals surface area contributed by atoms with Crippen LogP contribution in [0.5, 0.6) is 0 Å². The molecule has 0 saturated carbocycles. The van der Waals surface area contributed by atoms with Crippen molar-refractivity contribution in [1.82, 2.24) is 9.97 Å². The number of anilines is 1. The monoisotopic (exact) mass is 230 g/mol. The zero-order chi connectivity index (χ0) is 12.1. The first kappa shape index (κ1) is 11.8. The molecule has 0 aliphatic heterocycles. The zero-order valence-corrected chi connectivity index (χ0v) is 10.3. The predicted octanol–water partition coefficient (Wildman–Crippen LogP) is 2.10. The number of nitrogens with zero attached hydrogens (tertiary/aromatic N) is 4. The van der Waals surface area contributed by atoms with Gasteiger partial charge in [0.15, 0.2) is 0 Å². The molecule has 1 aliphatic carbocycles. The molecular formula is C13H18N4. The molecule has 90 valence electrons. The second-order valence-corrected chi connectivity index (χ2v) is 4.32. The van der Waals surface area contributed by atoms with Crippen LogP contribution in [-0.2, 0) is 12.8 Å². The van der Waals surface area contributed by atoms with Gasteiger partial charge in [-0.15, -0.1) is 0 Å². The number of fused-ring (bicyclic) bond motifs is 1. The highest BCUT2D eigenvalue weighted by molar-refractivity contribution is 5.49. The van der Waals surface area contributed by atoms with Gasteiger partial charge in [-0.1, -0.05) is 0 Å². The van der Waals surface area contributed by atoms with Crippen molar-refractivity contribution in [3.63, 3.8) is 0 Å². The van der Waals surface area contributed by atoms with Crippen molar-refractivity contribution in [2.75, 3.05) is 18.0 Å². The maximum absolute atomic E-state index is 8.69. The maximum atomic E-state index is 8.69. The first-order valence-corrected chi connectivity index (χ1v) is 6.31. The van der Waals surface area contributed by atoms with Crippen LogP contribution in [0.15, 0.2) is 6.33 Å². The highest BCUT2D eigenvalue weighted by Gasteiger charge is 2.18. The fourth-order valence-electron chi connectivity index (χ4n) is 2.38. The number of aromatic nitrogens is 2. The van der Waals surface area contributed by atoms with Gasteiger partial charge in [-0.25, -0.2) is 9.97 Å². The lowest BCUT2D eigenvalue weighted by Crippen LogP contribution is -2.27. The molecule has 0 spiro atoms. The third kappa shape index (κ3) is 2.55. The predicted molar refractivity (Wildman–Crippen MR) is 66.8 cm³/mol. The van der Waals surface area contributed by atoms with Gasteiger partial charge in [0.05, 0.1) is 12.5 Å². The van der Waals surface area contributed by atoms with E-state index in [0.29, 0.717) is 6.42 Å². The summed E-state index contributed by atoms with van der Waals surface area (Å²) in [5.74, 6) is 1.05. The van der Waals surface area contributed by atoms with Crippen LogP contribution in [0, 0.1) is 11.3 Å². The van der Waals surface area contributed by atoms with Gasteiger partial charge >= 0.3 is 0 Å². The molecule has 1 aromatic rings. The van der Waals surface area contributed by atoms with E-state index in [1.54, 1.807) is 6.33 Å². The molecule has 0 amide bonds. The van der Waals surface area contributed by atoms with Crippen molar-refractivity contribution in [1.29, 1.82) is 5.26 Å². The summed E-state index contributed by atoms with van der Waals surface area (Å²) in [5.41, 5.74) is 2.51. The molecule has 0 unspecified atom stereocenters. The molecule has 0 radical (unpaired) electrons. The average Bonchev–Trinajstić information content (AvgIpc) is 2.40. The summed E-state index contributed by atoms with van der Waals surface area (Å²) in [6.45, 7) is 3.76. The Kier molecular flexibility index (Phi) is 3.92. The molecule has 1 heterocycles. The first-order chi connectivity index (χ1) is 8.36. The summed E-state index contributed by atoms with van der Waals surface area (Å²) in [6, 6.07) is 2.20. The van der Waals surface area contributed by atoms with Crippen LogP contribution < -0.4 is 4.90 Å². The quantitative estimate of drug-likeness (QED) is 0.794. The van der Waals surface area contributed by atoms with Crippen LogP contribution in [0.4, 0.5) is 5.82 Å². The Bertz CT molecular complexity index is 422. The Morgan fingerprint density at radius 3 is 2.94 bits per heavy atom. The van der Waals surface area contributed by atoms with E-state index in [-0.39, 0.29) is 0 Å². The Hall–Kier alpha value is -1.63. The van der Waals surface area contributed by atoms with Crippen LogP contribution in [0.1, 0.15) is 37.4 Å². The second kappa shape index (κ2) is 5.62. The van der Waals surface area contributed by atoms with Gasteiger partial charge in [-0.05, 0) is 32.6 Å². The van der Waals surface area contributed by atoms with E-state index >= 15 is 0 Å². The van der Waals surface area contributed by atoms with Crippen LogP contribution in [-0.4, -0.2) is 23.1 Å². The molecule has 0 N–H and O–H groups in total. The Morgan fingerprint density at radius 2 is 2.18 bits per heavy atom. The highest BCUT2D eigenvalue weighted by Crippen LogP contribution is 2.26. The molecule has 0 fully saturated rings. The summed E-state index contributed by atoms with van der Waals surface area (Å²) >= 11 is 0. The maximum Gasteiger partial charge on any atom is 0.135 e. The van der Waals surface area contributed by atoms with Gasteiger partial charge in [0, 0.05) is 24.3 Å². The Labute approximate surface area is 102 Å². The van der Waals surface area contributed by atoms with Crippen LogP contribution in [0.2, 0.25) is 0 Å². The number of hydrogen-bond acceptors (Lipinski definition) is 4. The summed E-state index contributed by atoms with van der Waals surface area (Å²) in [6.07, 6.45) is 6.81. The lowest BCUT2D eigenvalue weighted by Gasteiger charge is -2.26. The number of hydrogen-bond donors (Lipinski definition) is 0. The molecular weight excluding hydrogens is 212 g/mol. The van der Waals surface area contributed by atoms with Gasteiger partial charge in [0.1, 0.15) is 12.1 Å². The molecule has 4 heteroatoms. The molecule has 17 heavy (non-hydrogen) atoms. The van der Waals surface area contributed by atoms with E-state index in [9.17, 15) is 0 Å². The average molecular weight is 230 g/mol. The molecule has 4 nitrogen and oxygen atoms in total. The lowest BCUT2D eigenvalue weighted by molar-refractivity contribution is 0.654. The molecule has 0 atom stereocenters. The van der Waals surface area contributed by atoms with Gasteiger partial charge in [-0.3, -0.25) is 0 Å². The third-order valence-corrected chi connectivity index (χ3v) is 3.28. The normalized spacial score (nSPS) is 13.9. The minimum atomic E-state index is 0.548. The summed E-state index contributed by atoms with van der Waals surface area (Å²) in [5, 5.41) is 8.69. The van der Waals surface area contributed by atoms with E-state index in [2.05, 4.69) is 27.9 Å². The van der Waals surface area contributed by atoms with E-state index in [1.165, 1.54) is 24.1 Å². The van der Waals surface area contributed by atoms with E-state index < -0.39 is 0 Å². The fraction of sp³-hybridized carbons (Fsp3) is 0.615. The van der Waals surface area contributed by atoms with Gasteiger partial charge in [-0.2, -0.15) is 5.26 Å². The zero-order valence-electron chi connectivity index (χ0n) is 10.3. The summed E-state index contributed by atoms with van der Waals surface area (Å²) < 4.78 is 0. The van der Waals surface area contributed by atoms with Crippen LogP contribution in [0.3, 0.4) is 0 Å². The smallest absolute Gasteiger partial charge is 0.135 e. The number of aryl methyl sites for hydroxylation is 1. The molecule has 2 rings (SSSR count). The lowest BCUT2D eigenvalue weighted by atomic mass is 9.96. The van der Waals surface area contributed by atoms with Crippen molar-refractivity contribution < 1.29 is 0 Å². The van der Waals surface area contributed by atoms with Crippen LogP contribution in [0.25, 0.3) is 0 Å². The molecule has 0 saturated heterocycles. The van der Waals surface area contributed by atoms with Crippen molar-refractivity contribution in [3.05, 3.63) is 17.6 Å². The van der Waals surface area contributed by atoms with Crippen molar-refractivity contribution >= 4 is 5.82 Å². The largest absolute Gasteiger partial charge is 0.356 e. The minimum Gasteiger partial charge on any atom is -0.356 e. The second-order valence-electron chi connectivity index (χ2n) is 4.32. The minimum absolute atomic E-state index is 0.548. The third-order valence-electron chi connectivity index (χ3n) is 3.28. The molecule has 0 bridgehead atoms. The van der Waals surface area contributed by atoms with Crippen LogP contribution >= 0.6 is 0 Å². The van der Waals surface area contributed by atoms with E-state index in [1.807, 2.05) is 0 Å². The molecule has 1 aliphatic rings. The van der Waals surface area contributed by atoms with Crippen molar-refractivity contribution in [2.45, 2.75) is 39.0 Å². The highest BCUT2D eigenvalue weighted by atomic mass is 15.2. The van der Waals surface area contributed by atoms with Gasteiger partial charge in [0.25, 0.3) is 0 Å². The van der Waals surface area contributed by atoms with E-state index in [0.717, 1.165) is 31.7 Å². The van der Waals surface area contributed by atoms with Crippen molar-refractivity contribution in [3.8, 4) is 6.07 Å². The number of nitriles is 1. The standard InChI is InChI=1S/C13H18N4/c1-2-17(9-5-8-14)13-11-6-3-4-7-12(11)15-10-16-13/h10H,2-7,9H2,1H3. The van der Waals surface area contributed by atoms with Gasteiger partial charge in [0.2, 0.25) is 0 Å². The van der Waals surface area contributed by atoms with E-state index in [4.69, 9.17) is 5.26 Å². The topological polar surface area (TPSA) is 52.8 Å². The SMILES string of the molecule is CCN(CCC#N)c1ncnc2c1CCCC2. The molecule has 0 aromatic carbocycles. The summed E-state index contributed by atoms with van der Waals surface area (Å²) in [4.78, 5) is 11.0. The Balaban J connectivity index is 2.27. The van der Waals surface area contributed by atoms with Crippen molar-refractivity contribution in [2.24, 2.45) is 0 Å². The molecule has 1 aromatic heterocycles. The Morgan fingerprint density at radius 1 is 1.35 bits per heavy atom. The summed E-state index contributed by atoms with van der Waals surface area (Å²) in [7, 11) is 0.